The van der Waals surface area contributed by atoms with Gasteiger partial charge in [0.05, 0.1) is 30.8 Å². The highest BCUT2D eigenvalue weighted by Gasteiger charge is 2.26. The predicted octanol–water partition coefficient (Wildman–Crippen LogP) is 3.72. The van der Waals surface area contributed by atoms with Gasteiger partial charge in [0.15, 0.2) is 11.0 Å². The molecular weight excluding hydrogens is 459 g/mol. The summed E-state index contributed by atoms with van der Waals surface area (Å²) in [4.78, 5) is 14.6. The van der Waals surface area contributed by atoms with Crippen LogP contribution in [0.4, 0.5) is 4.39 Å². The number of morpholine rings is 1. The standard InChI is InChI=1S/C24H27FN4O4S/c1-16-12-28(13-17(2)33-16)23(30)15-34-24-27-26-22(29(24)21-7-5-4-6-20(21)25)14-32-19-10-8-18(31-3)9-11-19/h4-11,16-17H,12-15H2,1-3H3/t16-,17-/m1/s1. The number of methoxy groups -OCH3 is 1. The normalized spacial score (nSPS) is 18.1. The molecule has 8 nitrogen and oxygen atoms in total. The van der Waals surface area contributed by atoms with E-state index >= 15 is 0 Å². The zero-order valence-corrected chi connectivity index (χ0v) is 20.1. The lowest BCUT2D eigenvalue weighted by Crippen LogP contribution is -2.48. The summed E-state index contributed by atoms with van der Waals surface area (Å²) in [7, 11) is 1.59. The van der Waals surface area contributed by atoms with Crippen molar-refractivity contribution in [2.45, 2.75) is 37.8 Å². The zero-order valence-electron chi connectivity index (χ0n) is 19.3. The molecule has 4 rings (SSSR count). The van der Waals surface area contributed by atoms with Gasteiger partial charge in [-0.3, -0.25) is 9.36 Å². The van der Waals surface area contributed by atoms with Gasteiger partial charge in [-0.05, 0) is 50.2 Å². The molecule has 0 aliphatic carbocycles. The Hall–Kier alpha value is -3.11. The predicted molar refractivity (Wildman–Crippen MR) is 126 cm³/mol. The first-order valence-corrected chi connectivity index (χ1v) is 11.9. The van der Waals surface area contributed by atoms with Crippen molar-refractivity contribution in [3.8, 4) is 17.2 Å². The Kier molecular flexibility index (Phi) is 7.69. The van der Waals surface area contributed by atoms with Crippen LogP contribution in [0.1, 0.15) is 19.7 Å². The van der Waals surface area contributed by atoms with Crippen molar-refractivity contribution in [3.05, 3.63) is 60.2 Å². The van der Waals surface area contributed by atoms with Crippen LogP contribution < -0.4 is 9.47 Å². The van der Waals surface area contributed by atoms with Gasteiger partial charge in [0.25, 0.3) is 0 Å². The second-order valence-electron chi connectivity index (χ2n) is 7.99. The second-order valence-corrected chi connectivity index (χ2v) is 8.94. The molecule has 2 atom stereocenters. The fraction of sp³-hybridized carbons (Fsp3) is 0.375. The van der Waals surface area contributed by atoms with Gasteiger partial charge in [0, 0.05) is 13.1 Å². The average Bonchev–Trinajstić information content (AvgIpc) is 3.23. The van der Waals surface area contributed by atoms with Crippen molar-refractivity contribution in [3.63, 3.8) is 0 Å². The number of carbonyl (C=O) groups is 1. The second kappa shape index (κ2) is 10.9. The molecule has 1 fully saturated rings. The van der Waals surface area contributed by atoms with E-state index in [0.29, 0.717) is 41.3 Å². The molecule has 1 amide bonds. The summed E-state index contributed by atoms with van der Waals surface area (Å²) >= 11 is 1.22. The zero-order chi connectivity index (χ0) is 24.1. The van der Waals surface area contributed by atoms with Crippen molar-refractivity contribution < 1.29 is 23.4 Å². The van der Waals surface area contributed by atoms with Gasteiger partial charge < -0.3 is 19.1 Å². The lowest BCUT2D eigenvalue weighted by molar-refractivity contribution is -0.140. The monoisotopic (exact) mass is 486 g/mol. The van der Waals surface area contributed by atoms with Crippen LogP contribution in [-0.2, 0) is 16.1 Å². The number of aromatic nitrogens is 3. The fourth-order valence-electron chi connectivity index (χ4n) is 3.78. The van der Waals surface area contributed by atoms with Crippen LogP contribution in [0, 0.1) is 5.82 Å². The number of halogens is 1. The summed E-state index contributed by atoms with van der Waals surface area (Å²) in [5, 5.41) is 8.88. The molecule has 0 saturated carbocycles. The molecule has 0 bridgehead atoms. The van der Waals surface area contributed by atoms with Crippen molar-refractivity contribution in [1.29, 1.82) is 0 Å². The van der Waals surface area contributed by atoms with Gasteiger partial charge in [-0.1, -0.05) is 23.9 Å². The minimum atomic E-state index is -0.419. The number of ether oxygens (including phenoxy) is 3. The summed E-state index contributed by atoms with van der Waals surface area (Å²) < 4.78 is 33.0. The minimum Gasteiger partial charge on any atom is -0.497 e. The first-order valence-electron chi connectivity index (χ1n) is 11.0. The third-order valence-corrected chi connectivity index (χ3v) is 6.23. The van der Waals surface area contributed by atoms with E-state index in [0.717, 1.165) is 0 Å². The molecule has 3 aromatic rings. The van der Waals surface area contributed by atoms with Gasteiger partial charge in [0.2, 0.25) is 5.91 Å². The topological polar surface area (TPSA) is 78.7 Å². The Labute approximate surface area is 202 Å². The SMILES string of the molecule is COc1ccc(OCc2nnc(SCC(=O)N3C[C@@H](C)O[C@H](C)C3)n2-c2ccccc2F)cc1. The number of nitrogens with zero attached hydrogens (tertiary/aromatic N) is 4. The maximum Gasteiger partial charge on any atom is 0.233 e. The van der Waals surface area contributed by atoms with Crippen LogP contribution in [0.15, 0.2) is 53.7 Å². The molecule has 0 N–H and O–H groups in total. The Balaban J connectivity index is 1.52. The number of amides is 1. The number of para-hydroxylation sites is 1. The van der Waals surface area contributed by atoms with E-state index < -0.39 is 5.82 Å². The van der Waals surface area contributed by atoms with Crippen LogP contribution in [0.3, 0.4) is 0 Å². The molecule has 34 heavy (non-hydrogen) atoms. The minimum absolute atomic E-state index is 0.0125. The van der Waals surface area contributed by atoms with Crippen LogP contribution in [0.5, 0.6) is 11.5 Å². The first kappa shape index (κ1) is 24.0. The first-order chi connectivity index (χ1) is 16.4. The van der Waals surface area contributed by atoms with E-state index in [1.54, 1.807) is 59.0 Å². The van der Waals surface area contributed by atoms with Crippen molar-refractivity contribution >= 4 is 17.7 Å². The molecule has 1 aromatic heterocycles. The maximum atomic E-state index is 14.7. The smallest absolute Gasteiger partial charge is 0.233 e. The third kappa shape index (κ3) is 5.68. The van der Waals surface area contributed by atoms with Crippen LogP contribution >= 0.6 is 11.8 Å². The Morgan fingerprint density at radius 2 is 1.76 bits per heavy atom. The van der Waals surface area contributed by atoms with Crippen molar-refractivity contribution in [2.75, 3.05) is 26.0 Å². The maximum absolute atomic E-state index is 14.7. The number of thioether (sulfide) groups is 1. The molecular formula is C24H27FN4O4S. The molecule has 0 unspecified atom stereocenters. The van der Waals surface area contributed by atoms with Crippen molar-refractivity contribution in [2.24, 2.45) is 0 Å². The molecule has 1 aliphatic heterocycles. The number of rotatable bonds is 8. The van der Waals surface area contributed by atoms with E-state index in [4.69, 9.17) is 14.2 Å². The van der Waals surface area contributed by atoms with Gasteiger partial charge in [-0.25, -0.2) is 4.39 Å². The quantitative estimate of drug-likeness (QED) is 0.449. The number of hydrogen-bond donors (Lipinski definition) is 0. The Morgan fingerprint density at radius 1 is 1.09 bits per heavy atom. The largest absolute Gasteiger partial charge is 0.497 e. The highest BCUT2D eigenvalue weighted by atomic mass is 32.2. The summed E-state index contributed by atoms with van der Waals surface area (Å²) in [5.41, 5.74) is 0.296. The van der Waals surface area contributed by atoms with Crippen LogP contribution in [0.2, 0.25) is 0 Å². The summed E-state index contributed by atoms with van der Waals surface area (Å²) in [6.07, 6.45) is -0.0250. The van der Waals surface area contributed by atoms with E-state index in [1.165, 1.54) is 17.8 Å². The van der Waals surface area contributed by atoms with E-state index in [1.807, 2.05) is 13.8 Å². The molecule has 2 heterocycles. The fourth-order valence-corrected chi connectivity index (χ4v) is 4.65. The number of hydrogen-bond acceptors (Lipinski definition) is 7. The van der Waals surface area contributed by atoms with E-state index in [9.17, 15) is 9.18 Å². The van der Waals surface area contributed by atoms with Gasteiger partial charge in [-0.15, -0.1) is 10.2 Å². The lowest BCUT2D eigenvalue weighted by Gasteiger charge is -2.35. The molecule has 1 saturated heterocycles. The van der Waals surface area contributed by atoms with Crippen molar-refractivity contribution in [1.82, 2.24) is 19.7 Å². The Morgan fingerprint density at radius 3 is 2.44 bits per heavy atom. The van der Waals surface area contributed by atoms with Gasteiger partial charge >= 0.3 is 0 Å². The van der Waals surface area contributed by atoms with E-state index in [2.05, 4.69) is 10.2 Å². The van der Waals surface area contributed by atoms with Gasteiger partial charge in [0.1, 0.15) is 23.9 Å². The van der Waals surface area contributed by atoms with E-state index in [-0.39, 0.29) is 30.5 Å². The Bertz CT molecular complexity index is 1110. The molecule has 10 heteroatoms. The van der Waals surface area contributed by atoms with Crippen LogP contribution in [0.25, 0.3) is 5.69 Å². The summed E-state index contributed by atoms with van der Waals surface area (Å²) in [6, 6.07) is 13.5. The lowest BCUT2D eigenvalue weighted by atomic mass is 10.2. The third-order valence-electron chi connectivity index (χ3n) is 5.32. The highest BCUT2D eigenvalue weighted by molar-refractivity contribution is 7.99. The molecule has 0 spiro atoms. The van der Waals surface area contributed by atoms with Crippen LogP contribution in [-0.4, -0.2) is 63.7 Å². The number of benzene rings is 2. The highest BCUT2D eigenvalue weighted by Crippen LogP contribution is 2.26. The molecule has 2 aromatic carbocycles. The van der Waals surface area contributed by atoms with Gasteiger partial charge in [-0.2, -0.15) is 0 Å². The molecule has 1 aliphatic rings. The number of carbonyl (C=O) groups excluding carboxylic acids is 1. The summed E-state index contributed by atoms with van der Waals surface area (Å²) in [5.74, 6) is 1.47. The molecule has 180 valence electrons. The molecule has 0 radical (unpaired) electrons. The summed E-state index contributed by atoms with van der Waals surface area (Å²) in [6.45, 7) is 5.07. The average molecular weight is 487 g/mol.